The fourth-order valence-electron chi connectivity index (χ4n) is 15.2. The second kappa shape index (κ2) is 20.5. The van der Waals surface area contributed by atoms with Gasteiger partial charge in [0.1, 0.15) is 22.3 Å². The van der Waals surface area contributed by atoms with Crippen LogP contribution in [0.15, 0.2) is 179 Å². The summed E-state index contributed by atoms with van der Waals surface area (Å²) in [6.07, 6.45) is 26.7. The van der Waals surface area contributed by atoms with Crippen molar-refractivity contribution in [3.63, 3.8) is 0 Å². The van der Waals surface area contributed by atoms with Crippen LogP contribution in [0.2, 0.25) is 0 Å². The quantitative estimate of drug-likeness (QED) is 0.137. The Morgan fingerprint density at radius 3 is 0.821 bits per heavy atom. The Labute approximate surface area is 460 Å². The molecule has 9 aromatic carbocycles. The molecule has 0 aliphatic heterocycles. The first kappa shape index (κ1) is 47.9. The summed E-state index contributed by atoms with van der Waals surface area (Å²) in [6, 6.07) is 65.3. The molecule has 0 bridgehead atoms. The van der Waals surface area contributed by atoms with Crippen molar-refractivity contribution in [2.45, 2.75) is 152 Å². The van der Waals surface area contributed by atoms with Crippen molar-refractivity contribution in [2.24, 2.45) is 0 Å². The van der Waals surface area contributed by atoms with Crippen molar-refractivity contribution in [3.8, 4) is 0 Å². The van der Waals surface area contributed by atoms with Crippen LogP contribution >= 0.6 is 0 Å². The summed E-state index contributed by atoms with van der Waals surface area (Å²) in [6.45, 7) is 0. The Hall–Kier alpha value is -7.30. The number of rotatable bonds is 10. The molecule has 0 amide bonds. The molecule has 0 unspecified atom stereocenters. The van der Waals surface area contributed by atoms with Crippen LogP contribution in [0.25, 0.3) is 65.4 Å². The highest BCUT2D eigenvalue weighted by atomic mass is 16.3. The highest BCUT2D eigenvalue weighted by Gasteiger charge is 2.25. The van der Waals surface area contributed by atoms with Crippen LogP contribution < -0.4 is 9.80 Å². The third-order valence-electron chi connectivity index (χ3n) is 19.4. The van der Waals surface area contributed by atoms with Crippen molar-refractivity contribution in [1.29, 1.82) is 0 Å². The predicted molar refractivity (Wildman–Crippen MR) is 329 cm³/mol. The fourth-order valence-corrected chi connectivity index (χ4v) is 15.2. The Kier molecular flexibility index (Phi) is 12.6. The average molecular weight is 1020 g/mol. The van der Waals surface area contributed by atoms with Gasteiger partial charge in [-0.25, -0.2) is 0 Å². The van der Waals surface area contributed by atoms with Crippen LogP contribution in [0, 0.1) is 0 Å². The standard InChI is InChI=1S/C74H72N2O2/c1-5-13-49(14-6-1)53-21-31-59(32-22-53)75(60-33-23-54(24-34-60)50-15-7-2-8-16-50)63-39-43-65-57(47-63)29-41-67-71-69(77-73(65)67)45-46-70-72(71)68-42-30-58-48-64(40-44-66(58)74(68)78-70)76(61-35-25-55(26-36-61)51-17-9-3-10-18-51)62-37-27-56(28-38-62)52-19-11-4-12-20-52/h21-52H,1-20H2. The minimum atomic E-state index is 0.674. The lowest BCUT2D eigenvalue weighted by Crippen LogP contribution is -2.11. The van der Waals surface area contributed by atoms with Crippen LogP contribution in [0.1, 0.15) is 174 Å². The molecule has 78 heavy (non-hydrogen) atoms. The van der Waals surface area contributed by atoms with E-state index >= 15 is 0 Å². The van der Waals surface area contributed by atoms with E-state index in [0.29, 0.717) is 23.7 Å². The van der Waals surface area contributed by atoms with Crippen LogP contribution in [0.4, 0.5) is 34.1 Å². The highest BCUT2D eigenvalue weighted by molar-refractivity contribution is 6.30. The maximum Gasteiger partial charge on any atom is 0.143 e. The van der Waals surface area contributed by atoms with Gasteiger partial charge >= 0.3 is 0 Å². The smallest absolute Gasteiger partial charge is 0.143 e. The number of benzene rings is 9. The Bertz CT molecular complexity index is 3550. The van der Waals surface area contributed by atoms with Crippen LogP contribution in [0.5, 0.6) is 0 Å². The summed E-state index contributed by atoms with van der Waals surface area (Å²) < 4.78 is 13.9. The SMILES string of the molecule is c1cc(N(c2ccc(C3CCCCC3)cc2)c2ccc3c(ccc4c3oc3ccc5oc6c7ccc(N(c8ccc(C9CCCCC9)cc8)c8ccc(C9CCCCC9)cc8)cc7ccc6c5c34)c2)ccc1C1CCCCC1. The monoisotopic (exact) mass is 1020 g/mol. The maximum atomic E-state index is 6.94. The molecule has 4 aliphatic carbocycles. The van der Waals surface area contributed by atoms with Gasteiger partial charge in [-0.05, 0) is 217 Å². The summed E-state index contributed by atoms with van der Waals surface area (Å²) in [5, 5.41) is 8.99. The first-order valence-corrected chi connectivity index (χ1v) is 30.3. The van der Waals surface area contributed by atoms with Gasteiger partial charge in [-0.1, -0.05) is 138 Å². The lowest BCUT2D eigenvalue weighted by Gasteiger charge is -2.28. The predicted octanol–water partition coefficient (Wildman–Crippen LogP) is 22.9. The van der Waals surface area contributed by atoms with Gasteiger partial charge in [0.2, 0.25) is 0 Å². The van der Waals surface area contributed by atoms with Crippen LogP contribution in [0.3, 0.4) is 0 Å². The van der Waals surface area contributed by atoms with Gasteiger partial charge < -0.3 is 18.6 Å². The minimum Gasteiger partial charge on any atom is -0.455 e. The molecule has 0 radical (unpaired) electrons. The van der Waals surface area contributed by atoms with E-state index in [1.807, 2.05) is 0 Å². The van der Waals surface area contributed by atoms with E-state index in [2.05, 4.69) is 180 Å². The van der Waals surface area contributed by atoms with Gasteiger partial charge in [-0.3, -0.25) is 0 Å². The Morgan fingerprint density at radius 1 is 0.256 bits per heavy atom. The Balaban J connectivity index is 0.791. The molecule has 2 heterocycles. The van der Waals surface area contributed by atoms with E-state index in [4.69, 9.17) is 8.83 Å². The largest absolute Gasteiger partial charge is 0.455 e. The zero-order valence-corrected chi connectivity index (χ0v) is 45.3. The van der Waals surface area contributed by atoms with Crippen molar-refractivity contribution in [2.75, 3.05) is 9.80 Å². The molecule has 4 heteroatoms. The van der Waals surface area contributed by atoms with Crippen molar-refractivity contribution in [1.82, 2.24) is 0 Å². The van der Waals surface area contributed by atoms with E-state index in [9.17, 15) is 0 Å². The molecule has 4 aliphatic rings. The number of nitrogens with zero attached hydrogens (tertiary/aromatic N) is 2. The van der Waals surface area contributed by atoms with Crippen molar-refractivity contribution in [3.05, 3.63) is 192 Å². The zero-order chi connectivity index (χ0) is 51.5. The van der Waals surface area contributed by atoms with E-state index in [1.54, 1.807) is 0 Å². The van der Waals surface area contributed by atoms with E-state index in [-0.39, 0.29) is 0 Å². The molecule has 0 saturated heterocycles. The molecule has 2 aromatic heterocycles. The third kappa shape index (κ3) is 8.75. The molecule has 0 atom stereocenters. The third-order valence-corrected chi connectivity index (χ3v) is 19.4. The van der Waals surface area contributed by atoms with Gasteiger partial charge in [0, 0.05) is 66.4 Å². The molecule has 4 saturated carbocycles. The van der Waals surface area contributed by atoms with Crippen molar-refractivity contribution >= 4 is 99.5 Å². The lowest BCUT2D eigenvalue weighted by molar-refractivity contribution is 0.443. The average Bonchev–Trinajstić information content (AvgIpc) is 4.30. The van der Waals surface area contributed by atoms with Crippen LogP contribution in [-0.2, 0) is 0 Å². The van der Waals surface area contributed by atoms with Gasteiger partial charge in [-0.15, -0.1) is 0 Å². The molecular weight excluding hydrogens is 949 g/mol. The summed E-state index contributed by atoms with van der Waals surface area (Å²) in [4.78, 5) is 4.90. The van der Waals surface area contributed by atoms with Gasteiger partial charge in [0.25, 0.3) is 0 Å². The van der Waals surface area contributed by atoms with Crippen LogP contribution in [-0.4, -0.2) is 0 Å². The number of furan rings is 2. The number of fused-ring (bicyclic) bond motifs is 11. The van der Waals surface area contributed by atoms with E-state index in [0.717, 1.165) is 76.8 Å². The van der Waals surface area contributed by atoms with Gasteiger partial charge in [0.05, 0.1) is 0 Å². The molecule has 4 nitrogen and oxygen atoms in total. The zero-order valence-electron chi connectivity index (χ0n) is 45.3. The number of hydrogen-bond acceptors (Lipinski definition) is 4. The molecular formula is C74H72N2O2. The topological polar surface area (TPSA) is 32.8 Å². The van der Waals surface area contributed by atoms with E-state index < -0.39 is 0 Å². The minimum absolute atomic E-state index is 0.674. The molecule has 15 rings (SSSR count). The second-order valence-corrected chi connectivity index (χ2v) is 24.1. The summed E-state index contributed by atoms with van der Waals surface area (Å²) in [5.41, 5.74) is 16.6. The normalized spacial score (nSPS) is 17.5. The molecule has 11 aromatic rings. The summed E-state index contributed by atoms with van der Waals surface area (Å²) in [7, 11) is 0. The molecule has 4 fully saturated rings. The number of anilines is 6. The fraction of sp³-hybridized carbons (Fsp3) is 0.324. The number of hydrogen-bond donors (Lipinski definition) is 0. The summed E-state index contributed by atoms with van der Waals surface area (Å²) in [5.74, 6) is 2.69. The van der Waals surface area contributed by atoms with Gasteiger partial charge in [0.15, 0.2) is 0 Å². The van der Waals surface area contributed by atoms with E-state index in [1.165, 1.54) is 173 Å². The molecule has 0 spiro atoms. The summed E-state index contributed by atoms with van der Waals surface area (Å²) >= 11 is 0. The Morgan fingerprint density at radius 2 is 0.526 bits per heavy atom. The lowest BCUT2D eigenvalue weighted by atomic mass is 9.84. The molecule has 390 valence electrons. The molecule has 0 N–H and O–H groups in total. The second-order valence-electron chi connectivity index (χ2n) is 24.1. The first-order chi connectivity index (χ1) is 38.6. The highest BCUT2D eigenvalue weighted by Crippen LogP contribution is 2.47. The van der Waals surface area contributed by atoms with Gasteiger partial charge in [-0.2, -0.15) is 0 Å². The maximum absolute atomic E-state index is 6.94. The first-order valence-electron chi connectivity index (χ1n) is 30.3. The van der Waals surface area contributed by atoms with Crippen molar-refractivity contribution < 1.29 is 8.83 Å².